The van der Waals surface area contributed by atoms with E-state index in [0.717, 1.165) is 0 Å². The van der Waals surface area contributed by atoms with E-state index in [-0.39, 0.29) is 11.7 Å². The third kappa shape index (κ3) is 4.19. The minimum atomic E-state index is -5.07. The Balaban J connectivity index is 2.17. The summed E-state index contributed by atoms with van der Waals surface area (Å²) in [5.41, 5.74) is 0.933. The molecule has 0 atom stereocenters. The van der Waals surface area contributed by atoms with Gasteiger partial charge in [-0.25, -0.2) is 0 Å². The fourth-order valence-electron chi connectivity index (χ4n) is 1.74. The number of benzene rings is 2. The maximum atomic E-state index is 12.4. The van der Waals surface area contributed by atoms with Gasteiger partial charge in [0.2, 0.25) is 0 Å². The van der Waals surface area contributed by atoms with Crippen LogP contribution in [0.3, 0.4) is 0 Å². The van der Waals surface area contributed by atoms with Crippen LogP contribution in [0, 0.1) is 0 Å². The number of carbonyl (C=O) groups excluding carboxylic acids is 1. The predicted octanol–water partition coefficient (Wildman–Crippen LogP) is 3.21. The zero-order valence-corrected chi connectivity index (χ0v) is 12.9. The molecule has 0 heterocycles. The largest absolute Gasteiger partial charge is 0.488 e. The molecule has 22 heavy (non-hydrogen) atoms. The highest BCUT2D eigenvalue weighted by Gasteiger charge is 2.14. The van der Waals surface area contributed by atoms with E-state index in [0.29, 0.717) is 16.3 Å². The third-order valence-corrected chi connectivity index (χ3v) is 3.46. The minimum Gasteiger partial charge on any atom is -0.358 e. The van der Waals surface area contributed by atoms with Crippen molar-refractivity contribution in [2.75, 3.05) is 11.9 Å². The highest BCUT2D eigenvalue weighted by atomic mass is 35.5. The molecule has 0 N–H and O–H groups in total. The van der Waals surface area contributed by atoms with Crippen molar-refractivity contribution in [1.29, 1.82) is 0 Å². The molecule has 2 aromatic rings. The molecule has 0 aliphatic rings. The summed E-state index contributed by atoms with van der Waals surface area (Å²) < 4.78 is 37.2. The van der Waals surface area contributed by atoms with Crippen molar-refractivity contribution >= 4 is 33.7 Å². The van der Waals surface area contributed by atoms with Crippen molar-refractivity contribution in [3.63, 3.8) is 0 Å². The number of anilines is 1. The van der Waals surface area contributed by atoms with Crippen LogP contribution in [-0.4, -0.2) is 21.4 Å². The summed E-state index contributed by atoms with van der Waals surface area (Å²) in [6.07, 6.45) is 0. The quantitative estimate of drug-likeness (QED) is 0.800. The van der Waals surface area contributed by atoms with E-state index in [1.165, 1.54) is 29.2 Å². The first kappa shape index (κ1) is 16.3. The molecule has 5 nitrogen and oxygen atoms in total. The van der Waals surface area contributed by atoms with Gasteiger partial charge >= 0.3 is 10.5 Å². The summed E-state index contributed by atoms with van der Waals surface area (Å²) in [5.74, 6) is -0.456. The van der Waals surface area contributed by atoms with Gasteiger partial charge in [-0.2, -0.15) is 8.42 Å². The summed E-state index contributed by atoms with van der Waals surface area (Å²) in [4.78, 5) is 13.6. The van der Waals surface area contributed by atoms with Crippen molar-refractivity contribution in [1.82, 2.24) is 0 Å². The number of nitrogens with zero attached hydrogens (tertiary/aromatic N) is 1. The van der Waals surface area contributed by atoms with Gasteiger partial charge in [-0.1, -0.05) is 15.5 Å². The molecule has 0 fully saturated rings. The average molecular weight is 344 g/mol. The van der Waals surface area contributed by atoms with Gasteiger partial charge in [-0.3, -0.25) is 4.79 Å². The van der Waals surface area contributed by atoms with E-state index in [1.54, 1.807) is 31.3 Å². The monoisotopic (exact) mass is 343 g/mol. The van der Waals surface area contributed by atoms with Crippen LogP contribution in [-0.2, 0) is 10.5 Å². The van der Waals surface area contributed by atoms with Crippen LogP contribution in [0.5, 0.6) is 5.75 Å². The lowest BCUT2D eigenvalue weighted by Gasteiger charge is -2.17. The van der Waals surface area contributed by atoms with Crippen molar-refractivity contribution in [2.24, 2.45) is 0 Å². The first-order chi connectivity index (χ1) is 10.3. The van der Waals surface area contributed by atoms with Crippen LogP contribution >= 0.6 is 11.6 Å². The van der Waals surface area contributed by atoms with Crippen LogP contribution in [0.2, 0.25) is 5.02 Å². The molecule has 8 heteroatoms. The molecule has 0 saturated carbocycles. The number of hydrogen-bond donors (Lipinski definition) is 0. The van der Waals surface area contributed by atoms with Crippen molar-refractivity contribution in [3.05, 3.63) is 59.1 Å². The Labute approximate surface area is 132 Å². The lowest BCUT2D eigenvalue weighted by atomic mass is 10.2. The van der Waals surface area contributed by atoms with Crippen molar-refractivity contribution in [2.45, 2.75) is 0 Å². The smallest absolute Gasteiger partial charge is 0.358 e. The molecule has 2 rings (SSSR count). The lowest BCUT2D eigenvalue weighted by molar-refractivity contribution is 0.0993. The van der Waals surface area contributed by atoms with E-state index < -0.39 is 10.5 Å². The Hall–Kier alpha value is -2.12. The van der Waals surface area contributed by atoms with E-state index in [2.05, 4.69) is 4.18 Å². The van der Waals surface area contributed by atoms with Crippen LogP contribution in [0.1, 0.15) is 10.4 Å². The highest BCUT2D eigenvalue weighted by molar-refractivity contribution is 7.81. The fraction of sp³-hybridized carbons (Fsp3) is 0.0714. The van der Waals surface area contributed by atoms with Crippen molar-refractivity contribution in [3.8, 4) is 5.75 Å². The predicted molar refractivity (Wildman–Crippen MR) is 81.3 cm³/mol. The molecular weight excluding hydrogens is 333 g/mol. The SMILES string of the molecule is CN(C(=O)c1ccc(Cl)cc1)c1ccc(OS(=O)(=O)F)cc1. The number of amides is 1. The molecule has 0 spiro atoms. The van der Waals surface area contributed by atoms with Gasteiger partial charge in [0, 0.05) is 23.3 Å². The summed E-state index contributed by atoms with van der Waals surface area (Å²) in [5, 5.41) is 0.521. The van der Waals surface area contributed by atoms with E-state index in [1.807, 2.05) is 0 Å². The molecule has 0 unspecified atom stereocenters. The topological polar surface area (TPSA) is 63.7 Å². The van der Waals surface area contributed by atoms with Gasteiger partial charge in [-0.15, -0.1) is 0 Å². The van der Waals surface area contributed by atoms with Crippen LogP contribution in [0.4, 0.5) is 9.57 Å². The molecule has 116 valence electrons. The van der Waals surface area contributed by atoms with Gasteiger partial charge in [0.05, 0.1) is 0 Å². The standard InChI is InChI=1S/C14H11ClFNO4S/c1-17(14(18)10-2-4-11(15)5-3-10)12-6-8-13(9-7-12)21-22(16,19)20/h2-9H,1H3. The van der Waals surface area contributed by atoms with Gasteiger partial charge in [-0.05, 0) is 48.5 Å². The number of carbonyl (C=O) groups is 1. The molecule has 0 radical (unpaired) electrons. The second-order valence-electron chi connectivity index (χ2n) is 4.34. The summed E-state index contributed by atoms with van der Waals surface area (Å²) in [7, 11) is -3.51. The zero-order valence-electron chi connectivity index (χ0n) is 11.4. The minimum absolute atomic E-state index is 0.182. The second kappa shape index (κ2) is 6.33. The Bertz CT molecular complexity index is 775. The molecular formula is C14H11ClFNO4S. The Morgan fingerprint density at radius 1 is 1.09 bits per heavy atom. The Morgan fingerprint density at radius 2 is 1.64 bits per heavy atom. The van der Waals surface area contributed by atoms with Gasteiger partial charge in [0.25, 0.3) is 5.91 Å². The van der Waals surface area contributed by atoms with E-state index in [4.69, 9.17) is 11.6 Å². The van der Waals surface area contributed by atoms with Gasteiger partial charge < -0.3 is 9.08 Å². The molecule has 0 aliphatic heterocycles. The highest BCUT2D eigenvalue weighted by Crippen LogP contribution is 2.22. The molecule has 0 bridgehead atoms. The lowest BCUT2D eigenvalue weighted by Crippen LogP contribution is -2.26. The van der Waals surface area contributed by atoms with Gasteiger partial charge in [0.15, 0.2) is 0 Å². The van der Waals surface area contributed by atoms with Crippen LogP contribution < -0.4 is 9.08 Å². The molecule has 0 aromatic heterocycles. The van der Waals surface area contributed by atoms with E-state index in [9.17, 15) is 17.1 Å². The van der Waals surface area contributed by atoms with Gasteiger partial charge in [0.1, 0.15) is 5.75 Å². The Kier molecular flexibility index (Phi) is 4.68. The summed E-state index contributed by atoms with van der Waals surface area (Å²) in [6, 6.07) is 11.8. The average Bonchev–Trinajstić information content (AvgIpc) is 2.46. The Morgan fingerprint density at radius 3 is 2.14 bits per heavy atom. The van der Waals surface area contributed by atoms with E-state index >= 15 is 0 Å². The van der Waals surface area contributed by atoms with Crippen molar-refractivity contribution < 1.29 is 21.3 Å². The molecule has 2 aromatic carbocycles. The normalized spacial score (nSPS) is 11.0. The number of rotatable bonds is 4. The number of halogens is 2. The van der Waals surface area contributed by atoms with Crippen LogP contribution in [0.15, 0.2) is 48.5 Å². The summed E-state index contributed by atoms with van der Waals surface area (Å²) in [6.45, 7) is 0. The zero-order chi connectivity index (χ0) is 16.3. The maximum absolute atomic E-state index is 12.4. The molecule has 0 saturated heterocycles. The second-order valence-corrected chi connectivity index (χ2v) is 5.73. The summed E-state index contributed by atoms with van der Waals surface area (Å²) >= 11 is 5.76. The molecule has 1 amide bonds. The third-order valence-electron chi connectivity index (χ3n) is 2.82. The maximum Gasteiger partial charge on any atom is 0.488 e. The van der Waals surface area contributed by atoms with Crippen LogP contribution in [0.25, 0.3) is 0 Å². The number of hydrogen-bond acceptors (Lipinski definition) is 4. The first-order valence-electron chi connectivity index (χ1n) is 6.04. The molecule has 0 aliphatic carbocycles. The first-order valence-corrected chi connectivity index (χ1v) is 7.73. The fourth-order valence-corrected chi connectivity index (χ4v) is 2.21.